The molecule has 90 valence electrons. The van der Waals surface area contributed by atoms with Gasteiger partial charge in [0.25, 0.3) is 0 Å². The summed E-state index contributed by atoms with van der Waals surface area (Å²) in [6.45, 7) is 1.86. The lowest BCUT2D eigenvalue weighted by atomic mass is 10.1. The molecule has 0 saturated heterocycles. The molecular formula is C12H19ClN2O. The van der Waals surface area contributed by atoms with E-state index in [0.717, 1.165) is 36.0 Å². The maximum absolute atomic E-state index is 6.15. The SMILES string of the molecule is CNCN(C)CCc1ccc(OC)cc1Cl. The monoisotopic (exact) mass is 242 g/mol. The van der Waals surface area contributed by atoms with Crippen LogP contribution in [0.1, 0.15) is 5.56 Å². The molecule has 0 spiro atoms. The average molecular weight is 243 g/mol. The van der Waals surface area contributed by atoms with Crippen molar-refractivity contribution in [3.05, 3.63) is 28.8 Å². The molecule has 0 aliphatic carbocycles. The number of halogens is 1. The molecule has 0 aliphatic rings. The number of rotatable bonds is 6. The lowest BCUT2D eigenvalue weighted by Gasteiger charge is -2.16. The van der Waals surface area contributed by atoms with Crippen LogP contribution < -0.4 is 10.1 Å². The minimum atomic E-state index is 0.775. The van der Waals surface area contributed by atoms with Gasteiger partial charge in [-0.15, -0.1) is 0 Å². The first-order chi connectivity index (χ1) is 7.67. The molecule has 0 saturated carbocycles. The minimum absolute atomic E-state index is 0.775. The molecule has 0 amide bonds. The maximum atomic E-state index is 6.15. The van der Waals surface area contributed by atoms with Gasteiger partial charge in [-0.05, 0) is 38.2 Å². The summed E-state index contributed by atoms with van der Waals surface area (Å²) in [5.74, 6) is 0.803. The highest BCUT2D eigenvalue weighted by molar-refractivity contribution is 6.31. The molecule has 0 unspecified atom stereocenters. The van der Waals surface area contributed by atoms with Crippen molar-refractivity contribution in [3.8, 4) is 5.75 Å². The summed E-state index contributed by atoms with van der Waals surface area (Å²) >= 11 is 6.15. The maximum Gasteiger partial charge on any atom is 0.120 e. The fraction of sp³-hybridized carbons (Fsp3) is 0.500. The lowest BCUT2D eigenvalue weighted by Crippen LogP contribution is -2.30. The third kappa shape index (κ3) is 4.00. The molecule has 16 heavy (non-hydrogen) atoms. The zero-order valence-electron chi connectivity index (χ0n) is 10.1. The van der Waals surface area contributed by atoms with E-state index in [1.54, 1.807) is 7.11 Å². The van der Waals surface area contributed by atoms with Gasteiger partial charge >= 0.3 is 0 Å². The van der Waals surface area contributed by atoms with Gasteiger partial charge in [0.15, 0.2) is 0 Å². The minimum Gasteiger partial charge on any atom is -0.497 e. The highest BCUT2D eigenvalue weighted by atomic mass is 35.5. The number of ether oxygens (including phenoxy) is 1. The van der Waals surface area contributed by atoms with Gasteiger partial charge in [0.05, 0.1) is 7.11 Å². The molecule has 4 heteroatoms. The molecule has 0 atom stereocenters. The van der Waals surface area contributed by atoms with Crippen molar-refractivity contribution in [2.24, 2.45) is 0 Å². The van der Waals surface area contributed by atoms with Gasteiger partial charge in [-0.3, -0.25) is 4.90 Å². The number of nitrogens with zero attached hydrogens (tertiary/aromatic N) is 1. The Morgan fingerprint density at radius 3 is 2.75 bits per heavy atom. The fourth-order valence-electron chi connectivity index (χ4n) is 1.52. The van der Waals surface area contributed by atoms with Crippen LogP contribution in [-0.2, 0) is 6.42 Å². The molecule has 0 bridgehead atoms. The van der Waals surface area contributed by atoms with Crippen LogP contribution in [0, 0.1) is 0 Å². The van der Waals surface area contributed by atoms with E-state index < -0.39 is 0 Å². The molecule has 0 aromatic heterocycles. The highest BCUT2D eigenvalue weighted by Gasteiger charge is 2.03. The standard InChI is InChI=1S/C12H19ClN2O/c1-14-9-15(2)7-6-10-4-5-11(16-3)8-12(10)13/h4-5,8,14H,6-7,9H2,1-3H3. The predicted molar refractivity (Wildman–Crippen MR) is 68.3 cm³/mol. The van der Waals surface area contributed by atoms with Crippen LogP contribution in [0.5, 0.6) is 5.75 Å². The zero-order valence-corrected chi connectivity index (χ0v) is 10.8. The summed E-state index contributed by atoms with van der Waals surface area (Å²) < 4.78 is 5.11. The molecule has 3 nitrogen and oxygen atoms in total. The molecule has 1 N–H and O–H groups in total. The largest absolute Gasteiger partial charge is 0.497 e. The molecule has 0 radical (unpaired) electrons. The van der Waals surface area contributed by atoms with E-state index in [9.17, 15) is 0 Å². The van der Waals surface area contributed by atoms with Crippen molar-refractivity contribution >= 4 is 11.6 Å². The number of hydrogen-bond donors (Lipinski definition) is 1. The Hall–Kier alpha value is -0.770. The van der Waals surface area contributed by atoms with Gasteiger partial charge in [0, 0.05) is 18.2 Å². The van der Waals surface area contributed by atoms with Gasteiger partial charge in [0.1, 0.15) is 5.75 Å². The van der Waals surface area contributed by atoms with Crippen molar-refractivity contribution in [2.75, 3.05) is 34.4 Å². The van der Waals surface area contributed by atoms with E-state index in [4.69, 9.17) is 16.3 Å². The summed E-state index contributed by atoms with van der Waals surface area (Å²) in [5, 5.41) is 3.88. The van der Waals surface area contributed by atoms with Crippen molar-refractivity contribution < 1.29 is 4.74 Å². The van der Waals surface area contributed by atoms with Crippen molar-refractivity contribution in [1.82, 2.24) is 10.2 Å². The van der Waals surface area contributed by atoms with Crippen LogP contribution in [-0.4, -0.2) is 39.3 Å². The summed E-state index contributed by atoms with van der Waals surface area (Å²) in [6, 6.07) is 5.82. The van der Waals surface area contributed by atoms with Crippen LogP contribution in [0.25, 0.3) is 0 Å². The second kappa shape index (κ2) is 6.74. The summed E-state index contributed by atoms with van der Waals surface area (Å²) in [6.07, 6.45) is 0.945. The Morgan fingerprint density at radius 1 is 1.44 bits per heavy atom. The Kier molecular flexibility index (Phi) is 5.60. The van der Waals surface area contributed by atoms with Crippen LogP contribution in [0.15, 0.2) is 18.2 Å². The first-order valence-corrected chi connectivity index (χ1v) is 5.70. The molecular weight excluding hydrogens is 224 g/mol. The molecule has 1 aromatic carbocycles. The molecule has 1 rings (SSSR count). The number of methoxy groups -OCH3 is 1. The predicted octanol–water partition coefficient (Wildman–Crippen LogP) is 2.00. The highest BCUT2D eigenvalue weighted by Crippen LogP contribution is 2.22. The van der Waals surface area contributed by atoms with E-state index in [0.29, 0.717) is 0 Å². The Morgan fingerprint density at radius 2 is 2.19 bits per heavy atom. The Balaban J connectivity index is 2.54. The van der Waals surface area contributed by atoms with Crippen molar-refractivity contribution in [3.63, 3.8) is 0 Å². The zero-order chi connectivity index (χ0) is 12.0. The smallest absolute Gasteiger partial charge is 0.120 e. The fourth-order valence-corrected chi connectivity index (χ4v) is 1.78. The normalized spacial score (nSPS) is 10.8. The average Bonchev–Trinajstić information content (AvgIpc) is 2.27. The number of hydrogen-bond acceptors (Lipinski definition) is 3. The van der Waals surface area contributed by atoms with E-state index >= 15 is 0 Å². The van der Waals surface area contributed by atoms with Gasteiger partial charge < -0.3 is 10.1 Å². The van der Waals surface area contributed by atoms with Gasteiger partial charge in [-0.2, -0.15) is 0 Å². The second-order valence-corrected chi connectivity index (χ2v) is 4.21. The van der Waals surface area contributed by atoms with Crippen LogP contribution in [0.4, 0.5) is 0 Å². The topological polar surface area (TPSA) is 24.5 Å². The number of benzene rings is 1. The quantitative estimate of drug-likeness (QED) is 0.773. The molecule has 1 aromatic rings. The van der Waals surface area contributed by atoms with Gasteiger partial charge in [-0.1, -0.05) is 17.7 Å². The third-order valence-electron chi connectivity index (χ3n) is 2.45. The van der Waals surface area contributed by atoms with E-state index in [2.05, 4.69) is 17.3 Å². The van der Waals surface area contributed by atoms with Crippen LogP contribution >= 0.6 is 11.6 Å². The molecule has 0 heterocycles. The summed E-state index contributed by atoms with van der Waals surface area (Å²) in [5.41, 5.74) is 1.16. The van der Waals surface area contributed by atoms with Gasteiger partial charge in [-0.25, -0.2) is 0 Å². The first-order valence-electron chi connectivity index (χ1n) is 5.33. The van der Waals surface area contributed by atoms with E-state index in [1.165, 1.54) is 0 Å². The van der Waals surface area contributed by atoms with Crippen molar-refractivity contribution in [1.29, 1.82) is 0 Å². The number of likely N-dealkylation sites (N-methyl/N-ethyl adjacent to an activating group) is 1. The van der Waals surface area contributed by atoms with Crippen LogP contribution in [0.3, 0.4) is 0 Å². The Labute approximate surface area is 102 Å². The van der Waals surface area contributed by atoms with E-state index in [1.807, 2.05) is 25.2 Å². The van der Waals surface area contributed by atoms with Gasteiger partial charge in [0.2, 0.25) is 0 Å². The first kappa shape index (κ1) is 13.3. The number of nitrogens with one attached hydrogen (secondary N) is 1. The third-order valence-corrected chi connectivity index (χ3v) is 2.80. The Bertz CT molecular complexity index is 331. The van der Waals surface area contributed by atoms with Crippen LogP contribution in [0.2, 0.25) is 5.02 Å². The summed E-state index contributed by atoms with van der Waals surface area (Å²) in [4.78, 5) is 2.21. The second-order valence-electron chi connectivity index (χ2n) is 3.80. The molecule has 0 fully saturated rings. The summed E-state index contributed by atoms with van der Waals surface area (Å²) in [7, 11) is 5.66. The molecule has 0 aliphatic heterocycles. The van der Waals surface area contributed by atoms with E-state index in [-0.39, 0.29) is 0 Å². The van der Waals surface area contributed by atoms with Crippen molar-refractivity contribution in [2.45, 2.75) is 6.42 Å². The lowest BCUT2D eigenvalue weighted by molar-refractivity contribution is 0.321.